The summed E-state index contributed by atoms with van der Waals surface area (Å²) in [4.78, 5) is 29.3. The van der Waals surface area contributed by atoms with Crippen molar-refractivity contribution in [3.63, 3.8) is 0 Å². The molecule has 0 spiro atoms. The van der Waals surface area contributed by atoms with Gasteiger partial charge >= 0.3 is 6.18 Å². The van der Waals surface area contributed by atoms with E-state index < -0.39 is 17.3 Å². The highest BCUT2D eigenvalue weighted by molar-refractivity contribution is 7.98. The number of hydrogen-bond donors (Lipinski definition) is 1. The van der Waals surface area contributed by atoms with E-state index >= 15 is 0 Å². The predicted molar refractivity (Wildman–Crippen MR) is 106 cm³/mol. The van der Waals surface area contributed by atoms with Gasteiger partial charge in [0, 0.05) is 12.2 Å². The van der Waals surface area contributed by atoms with Gasteiger partial charge in [-0.1, -0.05) is 49.0 Å². The van der Waals surface area contributed by atoms with E-state index in [1.807, 2.05) is 6.92 Å². The monoisotopic (exact) mass is 421 g/mol. The molecule has 0 fully saturated rings. The Kier molecular flexibility index (Phi) is 6.26. The van der Waals surface area contributed by atoms with E-state index in [4.69, 9.17) is 0 Å². The number of fused-ring (bicyclic) bond motifs is 1. The molecule has 3 rings (SSSR count). The van der Waals surface area contributed by atoms with E-state index in [9.17, 15) is 22.8 Å². The van der Waals surface area contributed by atoms with Crippen LogP contribution in [-0.4, -0.2) is 15.6 Å². The van der Waals surface area contributed by atoms with Crippen molar-refractivity contribution in [1.82, 2.24) is 9.66 Å². The lowest BCUT2D eigenvalue weighted by Gasteiger charge is -2.14. The zero-order chi connectivity index (χ0) is 21.0. The van der Waals surface area contributed by atoms with Gasteiger partial charge in [0.25, 0.3) is 5.56 Å². The maximum atomic E-state index is 12.9. The molecule has 152 valence electrons. The van der Waals surface area contributed by atoms with Crippen LogP contribution in [0.1, 0.15) is 30.9 Å². The van der Waals surface area contributed by atoms with E-state index in [0.717, 1.165) is 28.6 Å². The molecule has 1 N–H and O–H groups in total. The van der Waals surface area contributed by atoms with E-state index in [0.29, 0.717) is 22.9 Å². The van der Waals surface area contributed by atoms with Crippen LogP contribution in [0, 0.1) is 0 Å². The lowest BCUT2D eigenvalue weighted by atomic mass is 10.1. The van der Waals surface area contributed by atoms with E-state index in [1.54, 1.807) is 30.3 Å². The minimum Gasteiger partial charge on any atom is -0.273 e. The molecule has 0 aliphatic rings. The van der Waals surface area contributed by atoms with Crippen molar-refractivity contribution in [2.75, 3.05) is 5.43 Å². The highest BCUT2D eigenvalue weighted by Crippen LogP contribution is 2.31. The lowest BCUT2D eigenvalue weighted by Crippen LogP contribution is -2.35. The van der Waals surface area contributed by atoms with E-state index in [1.165, 1.54) is 6.07 Å². The summed E-state index contributed by atoms with van der Waals surface area (Å²) in [7, 11) is 0. The predicted octanol–water partition coefficient (Wildman–Crippen LogP) is 4.58. The highest BCUT2D eigenvalue weighted by atomic mass is 32.2. The molecule has 0 aliphatic carbocycles. The van der Waals surface area contributed by atoms with Gasteiger partial charge in [-0.2, -0.15) is 17.8 Å². The molecule has 2 aromatic carbocycles. The van der Waals surface area contributed by atoms with Gasteiger partial charge in [0.1, 0.15) is 0 Å². The number of nitrogens with one attached hydrogen (secondary N) is 1. The normalized spacial score (nSPS) is 11.6. The number of nitrogens with zero attached hydrogens (tertiary/aromatic N) is 2. The molecule has 1 heterocycles. The second-order valence-electron chi connectivity index (χ2n) is 6.32. The van der Waals surface area contributed by atoms with Crippen LogP contribution in [0.3, 0.4) is 0 Å². The number of alkyl halides is 3. The zero-order valence-corrected chi connectivity index (χ0v) is 16.3. The number of thioether (sulfide) groups is 1. The number of amides is 1. The van der Waals surface area contributed by atoms with Crippen molar-refractivity contribution < 1.29 is 18.0 Å². The maximum Gasteiger partial charge on any atom is 0.416 e. The quantitative estimate of drug-likeness (QED) is 0.468. The second-order valence-corrected chi connectivity index (χ2v) is 7.27. The number of hydrogen-bond acceptors (Lipinski definition) is 4. The number of aromatic nitrogens is 2. The molecule has 3 aromatic rings. The summed E-state index contributed by atoms with van der Waals surface area (Å²) >= 11 is 1.08. The SMILES string of the molecule is CCCC(=O)Nn1c(SCc2cccc(C(F)(F)F)c2)nc2ccccc2c1=O. The first-order valence-corrected chi connectivity index (χ1v) is 9.88. The highest BCUT2D eigenvalue weighted by Gasteiger charge is 2.30. The molecule has 5 nitrogen and oxygen atoms in total. The Hall–Kier alpha value is -2.81. The van der Waals surface area contributed by atoms with E-state index in [2.05, 4.69) is 10.4 Å². The van der Waals surface area contributed by atoms with Gasteiger partial charge in [0.15, 0.2) is 5.16 Å². The van der Waals surface area contributed by atoms with Crippen molar-refractivity contribution in [2.24, 2.45) is 0 Å². The maximum absolute atomic E-state index is 12.9. The number of benzene rings is 2. The number of carbonyl (C=O) groups is 1. The summed E-state index contributed by atoms with van der Waals surface area (Å²) in [5.74, 6) is -0.189. The molecule has 9 heteroatoms. The van der Waals surface area contributed by atoms with Gasteiger partial charge in [0.2, 0.25) is 5.91 Å². The van der Waals surface area contributed by atoms with E-state index in [-0.39, 0.29) is 23.2 Å². The van der Waals surface area contributed by atoms with Crippen LogP contribution >= 0.6 is 11.8 Å². The fourth-order valence-electron chi connectivity index (χ4n) is 2.70. The van der Waals surface area contributed by atoms with Crippen molar-refractivity contribution in [1.29, 1.82) is 0 Å². The fourth-order valence-corrected chi connectivity index (χ4v) is 3.60. The van der Waals surface area contributed by atoms with Gasteiger partial charge in [-0.15, -0.1) is 0 Å². The molecule has 0 saturated carbocycles. The van der Waals surface area contributed by atoms with Crippen LogP contribution in [0.15, 0.2) is 58.5 Å². The van der Waals surface area contributed by atoms with Gasteiger partial charge in [-0.05, 0) is 30.2 Å². The number of para-hydroxylation sites is 1. The van der Waals surface area contributed by atoms with Crippen LogP contribution in [0.4, 0.5) is 13.2 Å². The third-order valence-electron chi connectivity index (χ3n) is 4.08. The van der Waals surface area contributed by atoms with Gasteiger partial charge in [-0.3, -0.25) is 15.0 Å². The van der Waals surface area contributed by atoms with Crippen LogP contribution in [-0.2, 0) is 16.7 Å². The summed E-state index contributed by atoms with van der Waals surface area (Å²) in [5, 5.41) is 0.545. The molecular formula is C20H18F3N3O2S. The molecule has 0 bridgehead atoms. The van der Waals surface area contributed by atoms with Crippen molar-refractivity contribution in [3.8, 4) is 0 Å². The molecule has 0 radical (unpaired) electrons. The molecule has 29 heavy (non-hydrogen) atoms. The Bertz CT molecular complexity index is 1100. The summed E-state index contributed by atoms with van der Waals surface area (Å²) < 4.78 is 39.8. The number of halogens is 3. The largest absolute Gasteiger partial charge is 0.416 e. The smallest absolute Gasteiger partial charge is 0.273 e. The molecule has 0 aliphatic heterocycles. The standard InChI is InChI=1S/C20H18F3N3O2S/c1-2-6-17(27)25-26-18(28)15-9-3-4-10-16(15)24-19(26)29-12-13-7-5-8-14(11-13)20(21,22)23/h3-5,7-11H,2,6,12H2,1H3,(H,25,27). The topological polar surface area (TPSA) is 64.0 Å². The summed E-state index contributed by atoms with van der Waals surface area (Å²) in [6.45, 7) is 1.84. The number of carbonyl (C=O) groups excluding carboxylic acids is 1. The third kappa shape index (κ3) is 4.97. The third-order valence-corrected chi connectivity index (χ3v) is 5.09. The van der Waals surface area contributed by atoms with Crippen molar-refractivity contribution in [3.05, 3.63) is 70.0 Å². The summed E-state index contributed by atoms with van der Waals surface area (Å²) in [6, 6.07) is 11.7. The lowest BCUT2D eigenvalue weighted by molar-refractivity contribution is -0.137. The Labute approximate surface area is 168 Å². The second kappa shape index (κ2) is 8.69. The average Bonchev–Trinajstić information content (AvgIpc) is 2.68. The summed E-state index contributed by atoms with van der Waals surface area (Å²) in [6.07, 6.45) is -3.59. The Morgan fingerprint density at radius 1 is 1.17 bits per heavy atom. The molecule has 1 amide bonds. The van der Waals surface area contributed by atoms with Gasteiger partial charge in [0.05, 0.1) is 16.5 Å². The molecule has 0 unspecified atom stereocenters. The first-order chi connectivity index (χ1) is 13.8. The number of rotatable bonds is 6. The van der Waals surface area contributed by atoms with Crippen LogP contribution in [0.5, 0.6) is 0 Å². The van der Waals surface area contributed by atoms with Crippen molar-refractivity contribution >= 4 is 28.6 Å². The fraction of sp³-hybridized carbons (Fsp3) is 0.250. The van der Waals surface area contributed by atoms with Crippen LogP contribution in [0.25, 0.3) is 10.9 Å². The Balaban J connectivity index is 1.95. The van der Waals surface area contributed by atoms with Gasteiger partial charge < -0.3 is 0 Å². The van der Waals surface area contributed by atoms with Gasteiger partial charge in [-0.25, -0.2) is 4.98 Å². The van der Waals surface area contributed by atoms with Crippen LogP contribution in [0.2, 0.25) is 0 Å². The zero-order valence-electron chi connectivity index (χ0n) is 15.5. The minimum absolute atomic E-state index is 0.151. The molecule has 1 aromatic heterocycles. The Morgan fingerprint density at radius 2 is 1.93 bits per heavy atom. The molecule has 0 atom stereocenters. The first-order valence-electron chi connectivity index (χ1n) is 8.90. The Morgan fingerprint density at radius 3 is 2.66 bits per heavy atom. The molecular weight excluding hydrogens is 403 g/mol. The minimum atomic E-state index is -4.43. The first kappa shape index (κ1) is 20.9. The average molecular weight is 421 g/mol. The summed E-state index contributed by atoms with van der Waals surface area (Å²) in [5.41, 5.74) is 2.25. The van der Waals surface area contributed by atoms with Crippen molar-refractivity contribution in [2.45, 2.75) is 36.9 Å². The molecule has 0 saturated heterocycles. The van der Waals surface area contributed by atoms with Crippen LogP contribution < -0.4 is 11.0 Å².